The second-order valence-electron chi connectivity index (χ2n) is 3.08. The summed E-state index contributed by atoms with van der Waals surface area (Å²) in [6.45, 7) is 0.699. The minimum Gasteiger partial charge on any atom is -0.293 e. The first-order valence-electron chi connectivity index (χ1n) is 4.42. The van der Waals surface area contributed by atoms with Gasteiger partial charge in [0.05, 0.1) is 0 Å². The molecule has 5 heteroatoms. The van der Waals surface area contributed by atoms with E-state index in [2.05, 4.69) is 0 Å². The monoisotopic (exact) mass is 257 g/mol. The van der Waals surface area contributed by atoms with E-state index in [1.807, 2.05) is 0 Å². The third-order valence-corrected chi connectivity index (χ3v) is 3.78. The lowest BCUT2D eigenvalue weighted by atomic mass is 10.2. The highest BCUT2D eigenvalue weighted by molar-refractivity contribution is 8.23. The molecule has 1 aliphatic rings. The van der Waals surface area contributed by atoms with E-state index in [1.165, 1.54) is 0 Å². The number of amides is 1. The summed E-state index contributed by atoms with van der Waals surface area (Å²) < 4.78 is 0.662. The van der Waals surface area contributed by atoms with Gasteiger partial charge in [-0.1, -0.05) is 35.6 Å². The van der Waals surface area contributed by atoms with Crippen molar-refractivity contribution in [3.05, 3.63) is 34.9 Å². The summed E-state index contributed by atoms with van der Waals surface area (Å²) in [5, 5.41) is 0.630. The van der Waals surface area contributed by atoms with Gasteiger partial charge in [0.25, 0.3) is 5.91 Å². The Labute approximate surface area is 103 Å². The molecule has 0 aromatic heterocycles. The van der Waals surface area contributed by atoms with E-state index in [0.717, 1.165) is 5.75 Å². The van der Waals surface area contributed by atoms with Crippen LogP contribution in [-0.2, 0) is 0 Å². The number of thiocarbonyl (C=S) groups is 1. The van der Waals surface area contributed by atoms with Gasteiger partial charge in [0.2, 0.25) is 0 Å². The zero-order valence-electron chi connectivity index (χ0n) is 7.77. The number of nitrogens with zero attached hydrogens (tertiary/aromatic N) is 1. The third-order valence-electron chi connectivity index (χ3n) is 2.10. The second-order valence-corrected chi connectivity index (χ2v) is 5.24. The van der Waals surface area contributed by atoms with Crippen LogP contribution in [0.5, 0.6) is 0 Å². The fraction of sp³-hybridized carbons (Fsp3) is 0.200. The third kappa shape index (κ3) is 2.33. The van der Waals surface area contributed by atoms with Crippen molar-refractivity contribution in [3.63, 3.8) is 0 Å². The van der Waals surface area contributed by atoms with Gasteiger partial charge in [-0.3, -0.25) is 9.69 Å². The molecule has 15 heavy (non-hydrogen) atoms. The molecule has 1 aliphatic heterocycles. The minimum atomic E-state index is -0.0401. The Morgan fingerprint density at radius 3 is 2.60 bits per heavy atom. The number of halogens is 1. The quantitative estimate of drug-likeness (QED) is 0.722. The maximum atomic E-state index is 12.0. The Kier molecular flexibility index (Phi) is 3.29. The van der Waals surface area contributed by atoms with Gasteiger partial charge in [0.1, 0.15) is 4.32 Å². The number of carbonyl (C=O) groups is 1. The van der Waals surface area contributed by atoms with Crippen molar-refractivity contribution in [1.82, 2.24) is 4.90 Å². The molecule has 0 atom stereocenters. The first kappa shape index (κ1) is 10.9. The number of thioether (sulfide) groups is 1. The van der Waals surface area contributed by atoms with E-state index >= 15 is 0 Å². The molecule has 1 amide bonds. The maximum absolute atomic E-state index is 12.0. The van der Waals surface area contributed by atoms with Crippen LogP contribution in [-0.4, -0.2) is 27.4 Å². The van der Waals surface area contributed by atoms with Crippen LogP contribution in [0.4, 0.5) is 0 Å². The fourth-order valence-electron chi connectivity index (χ4n) is 1.33. The van der Waals surface area contributed by atoms with Gasteiger partial charge in [-0.2, -0.15) is 0 Å². The molecule has 2 nitrogen and oxygen atoms in total. The van der Waals surface area contributed by atoms with E-state index in [1.54, 1.807) is 40.9 Å². The standard InChI is InChI=1S/C10H8ClNOS2/c11-8-3-1-7(2-4-8)9(13)12-5-6-15-10(12)14/h1-4H,5-6H2. The van der Waals surface area contributed by atoms with Gasteiger partial charge in [0, 0.05) is 22.9 Å². The molecule has 0 spiro atoms. The van der Waals surface area contributed by atoms with Crippen LogP contribution in [0.2, 0.25) is 5.02 Å². The molecule has 0 radical (unpaired) electrons. The van der Waals surface area contributed by atoms with Gasteiger partial charge in [-0.15, -0.1) is 0 Å². The van der Waals surface area contributed by atoms with Crippen molar-refractivity contribution in [3.8, 4) is 0 Å². The van der Waals surface area contributed by atoms with Crippen molar-refractivity contribution >= 4 is 45.8 Å². The zero-order valence-corrected chi connectivity index (χ0v) is 10.2. The summed E-state index contributed by atoms with van der Waals surface area (Å²) in [6.07, 6.45) is 0. The SMILES string of the molecule is O=C(c1ccc(Cl)cc1)N1CCSC1=S. The molecule has 0 unspecified atom stereocenters. The van der Waals surface area contributed by atoms with Crippen LogP contribution < -0.4 is 0 Å². The highest BCUT2D eigenvalue weighted by Gasteiger charge is 2.24. The van der Waals surface area contributed by atoms with Crippen LogP contribution in [0.15, 0.2) is 24.3 Å². The highest BCUT2D eigenvalue weighted by atomic mass is 35.5. The molecule has 0 bridgehead atoms. The van der Waals surface area contributed by atoms with E-state index in [0.29, 0.717) is 21.5 Å². The Balaban J connectivity index is 2.20. The summed E-state index contributed by atoms with van der Waals surface area (Å²) in [5.74, 6) is 0.847. The molecule has 78 valence electrons. The van der Waals surface area contributed by atoms with E-state index in [9.17, 15) is 4.79 Å². The van der Waals surface area contributed by atoms with E-state index in [-0.39, 0.29) is 5.91 Å². The topological polar surface area (TPSA) is 20.3 Å². The van der Waals surface area contributed by atoms with E-state index in [4.69, 9.17) is 23.8 Å². The zero-order chi connectivity index (χ0) is 10.8. The summed E-state index contributed by atoms with van der Waals surface area (Å²) in [6, 6.07) is 6.86. The molecule has 0 saturated carbocycles. The Bertz CT molecular complexity index is 404. The molecule has 1 saturated heterocycles. The van der Waals surface area contributed by atoms with Crippen LogP contribution in [0.3, 0.4) is 0 Å². The summed E-state index contributed by atoms with van der Waals surface area (Å²) >= 11 is 12.4. The molecular weight excluding hydrogens is 250 g/mol. The lowest BCUT2D eigenvalue weighted by molar-refractivity contribution is 0.0861. The molecule has 1 aromatic rings. The van der Waals surface area contributed by atoms with Gasteiger partial charge in [-0.05, 0) is 24.3 Å². The lowest BCUT2D eigenvalue weighted by Crippen LogP contribution is -2.30. The number of carbonyl (C=O) groups excluding carboxylic acids is 1. The number of hydrogen-bond donors (Lipinski definition) is 0. The minimum absolute atomic E-state index is 0.0401. The Morgan fingerprint density at radius 2 is 2.07 bits per heavy atom. The summed E-state index contributed by atoms with van der Waals surface area (Å²) in [7, 11) is 0. The number of benzene rings is 1. The second kappa shape index (κ2) is 4.51. The largest absolute Gasteiger partial charge is 0.293 e. The number of hydrogen-bond acceptors (Lipinski definition) is 3. The van der Waals surface area contributed by atoms with Crippen molar-refractivity contribution in [2.45, 2.75) is 0 Å². The average Bonchev–Trinajstić information content (AvgIpc) is 2.65. The molecule has 1 aromatic carbocycles. The first-order chi connectivity index (χ1) is 7.18. The van der Waals surface area contributed by atoms with Crippen molar-refractivity contribution < 1.29 is 4.79 Å². The van der Waals surface area contributed by atoms with E-state index < -0.39 is 0 Å². The Morgan fingerprint density at radius 1 is 1.40 bits per heavy atom. The van der Waals surface area contributed by atoms with Gasteiger partial charge < -0.3 is 0 Å². The van der Waals surface area contributed by atoms with Gasteiger partial charge in [0.15, 0.2) is 0 Å². The smallest absolute Gasteiger partial charge is 0.259 e. The first-order valence-corrected chi connectivity index (χ1v) is 6.20. The van der Waals surface area contributed by atoms with Crippen LogP contribution in [0.1, 0.15) is 10.4 Å². The van der Waals surface area contributed by atoms with Gasteiger partial charge >= 0.3 is 0 Å². The predicted molar refractivity (Wildman–Crippen MR) is 67.5 cm³/mol. The molecule has 1 heterocycles. The molecule has 1 fully saturated rings. The normalized spacial score (nSPS) is 15.8. The van der Waals surface area contributed by atoms with Crippen molar-refractivity contribution in [2.24, 2.45) is 0 Å². The molecule has 0 aliphatic carbocycles. The molecule has 2 rings (SSSR count). The molecular formula is C10H8ClNOS2. The predicted octanol–water partition coefficient (Wildman–Crippen LogP) is 2.81. The van der Waals surface area contributed by atoms with Crippen LogP contribution in [0.25, 0.3) is 0 Å². The van der Waals surface area contributed by atoms with Gasteiger partial charge in [-0.25, -0.2) is 0 Å². The van der Waals surface area contributed by atoms with Crippen LogP contribution in [0, 0.1) is 0 Å². The highest BCUT2D eigenvalue weighted by Crippen LogP contribution is 2.21. The number of rotatable bonds is 1. The van der Waals surface area contributed by atoms with Crippen molar-refractivity contribution in [1.29, 1.82) is 0 Å². The fourth-order valence-corrected chi connectivity index (χ4v) is 2.65. The summed E-state index contributed by atoms with van der Waals surface area (Å²) in [5.41, 5.74) is 0.629. The van der Waals surface area contributed by atoms with Crippen LogP contribution >= 0.6 is 35.6 Å². The lowest BCUT2D eigenvalue weighted by Gasteiger charge is -2.14. The Hall–Kier alpha value is -0.580. The molecule has 0 N–H and O–H groups in total. The summed E-state index contributed by atoms with van der Waals surface area (Å²) in [4.78, 5) is 13.6. The maximum Gasteiger partial charge on any atom is 0.259 e. The van der Waals surface area contributed by atoms with Crippen molar-refractivity contribution in [2.75, 3.05) is 12.3 Å². The average molecular weight is 258 g/mol.